The Morgan fingerprint density at radius 3 is 2.90 bits per heavy atom. The second kappa shape index (κ2) is 2.51. The van der Waals surface area contributed by atoms with E-state index in [1.165, 1.54) is 12.8 Å². The van der Waals surface area contributed by atoms with Gasteiger partial charge in [-0.3, -0.25) is 0 Å². The Balaban J connectivity index is 1.79. The molecule has 1 aliphatic heterocycles. The van der Waals surface area contributed by atoms with E-state index in [9.17, 15) is 0 Å². The first kappa shape index (κ1) is 6.62. The molecule has 3 unspecified atom stereocenters. The molecule has 10 heavy (non-hydrogen) atoms. The first-order chi connectivity index (χ1) is 4.92. The van der Waals surface area contributed by atoms with Crippen molar-refractivity contribution >= 4 is 0 Å². The number of rotatable bonds is 2. The zero-order valence-corrected chi connectivity index (χ0v) is 6.12. The molecule has 1 saturated carbocycles. The van der Waals surface area contributed by atoms with Crippen LogP contribution in [0.5, 0.6) is 0 Å². The zero-order chi connectivity index (χ0) is 6.97. The smallest absolute Gasteiger partial charge is 0.0497 e. The molecule has 2 heteroatoms. The van der Waals surface area contributed by atoms with E-state index in [1.807, 2.05) is 0 Å². The quantitative estimate of drug-likeness (QED) is 0.613. The van der Waals surface area contributed by atoms with Gasteiger partial charge in [-0.15, -0.1) is 0 Å². The highest BCUT2D eigenvalue weighted by molar-refractivity contribution is 4.91. The van der Waals surface area contributed by atoms with Gasteiger partial charge in [0, 0.05) is 19.8 Å². The second-order valence-electron chi connectivity index (χ2n) is 3.47. The summed E-state index contributed by atoms with van der Waals surface area (Å²) in [5, 5.41) is 8.80. The van der Waals surface area contributed by atoms with E-state index in [-0.39, 0.29) is 0 Å². The molecule has 58 valence electrons. The highest BCUT2D eigenvalue weighted by Crippen LogP contribution is 2.46. The van der Waals surface area contributed by atoms with Crippen LogP contribution in [0.4, 0.5) is 0 Å². The van der Waals surface area contributed by atoms with Gasteiger partial charge in [0.15, 0.2) is 0 Å². The van der Waals surface area contributed by atoms with Gasteiger partial charge in [0.1, 0.15) is 0 Å². The average Bonchev–Trinajstić information content (AvgIpc) is 2.56. The molecule has 1 saturated heterocycles. The van der Waals surface area contributed by atoms with E-state index in [0.717, 1.165) is 25.0 Å². The molecule has 0 bridgehead atoms. The van der Waals surface area contributed by atoms with Gasteiger partial charge in [0.25, 0.3) is 0 Å². The van der Waals surface area contributed by atoms with Gasteiger partial charge < -0.3 is 9.84 Å². The lowest BCUT2D eigenvalue weighted by Gasteiger charge is -2.03. The maximum atomic E-state index is 8.80. The van der Waals surface area contributed by atoms with Gasteiger partial charge in [-0.05, 0) is 30.6 Å². The van der Waals surface area contributed by atoms with Crippen molar-refractivity contribution in [3.63, 3.8) is 0 Å². The van der Waals surface area contributed by atoms with Gasteiger partial charge in [-0.25, -0.2) is 0 Å². The summed E-state index contributed by atoms with van der Waals surface area (Å²) in [6, 6.07) is 0. The lowest BCUT2D eigenvalue weighted by Crippen LogP contribution is -2.04. The highest BCUT2D eigenvalue weighted by atomic mass is 16.5. The van der Waals surface area contributed by atoms with E-state index in [2.05, 4.69) is 0 Å². The van der Waals surface area contributed by atoms with Crippen LogP contribution in [-0.4, -0.2) is 24.9 Å². The van der Waals surface area contributed by atoms with E-state index in [4.69, 9.17) is 9.84 Å². The number of hydrogen-bond donors (Lipinski definition) is 1. The predicted octanol–water partition coefficient (Wildman–Crippen LogP) is 0.651. The molecule has 1 heterocycles. The molecule has 2 aliphatic rings. The summed E-state index contributed by atoms with van der Waals surface area (Å²) in [7, 11) is 0. The minimum absolute atomic E-state index is 0.390. The van der Waals surface area contributed by atoms with Crippen molar-refractivity contribution < 1.29 is 9.84 Å². The Bertz CT molecular complexity index is 118. The van der Waals surface area contributed by atoms with Crippen molar-refractivity contribution in [2.45, 2.75) is 12.8 Å². The summed E-state index contributed by atoms with van der Waals surface area (Å²) in [6.07, 6.45) is 2.46. The number of aliphatic hydroxyl groups is 1. The molecular weight excluding hydrogens is 128 g/mol. The molecule has 0 amide bonds. The zero-order valence-electron chi connectivity index (χ0n) is 6.12. The summed E-state index contributed by atoms with van der Waals surface area (Å²) in [5.74, 6) is 2.19. The molecule has 2 nitrogen and oxygen atoms in total. The third-order valence-corrected chi connectivity index (χ3v) is 2.78. The number of hydrogen-bond acceptors (Lipinski definition) is 2. The van der Waals surface area contributed by atoms with E-state index in [1.54, 1.807) is 0 Å². The topological polar surface area (TPSA) is 29.5 Å². The lowest BCUT2D eigenvalue weighted by molar-refractivity contribution is 0.178. The fourth-order valence-corrected chi connectivity index (χ4v) is 1.95. The molecule has 0 radical (unpaired) electrons. The predicted molar refractivity (Wildman–Crippen MR) is 37.6 cm³/mol. The minimum atomic E-state index is 0.390. The Hall–Kier alpha value is -0.0800. The molecule has 0 aromatic heterocycles. The average molecular weight is 142 g/mol. The van der Waals surface area contributed by atoms with Crippen molar-refractivity contribution in [1.29, 1.82) is 0 Å². The maximum absolute atomic E-state index is 8.80. The summed E-state index contributed by atoms with van der Waals surface area (Å²) in [4.78, 5) is 0. The molecule has 2 rings (SSSR count). The van der Waals surface area contributed by atoms with Crippen LogP contribution in [0.25, 0.3) is 0 Å². The van der Waals surface area contributed by atoms with Crippen molar-refractivity contribution in [2.24, 2.45) is 17.8 Å². The van der Waals surface area contributed by atoms with Crippen molar-refractivity contribution in [3.05, 3.63) is 0 Å². The van der Waals surface area contributed by atoms with Crippen LogP contribution in [0.2, 0.25) is 0 Å². The Morgan fingerprint density at radius 1 is 1.50 bits per heavy atom. The van der Waals surface area contributed by atoms with Gasteiger partial charge in [0.05, 0.1) is 0 Å². The van der Waals surface area contributed by atoms with Crippen molar-refractivity contribution in [2.75, 3.05) is 19.8 Å². The van der Waals surface area contributed by atoms with Crippen LogP contribution in [0.1, 0.15) is 12.8 Å². The molecular formula is C8H14O2. The summed E-state index contributed by atoms with van der Waals surface area (Å²) in [5.41, 5.74) is 0. The fraction of sp³-hybridized carbons (Fsp3) is 1.00. The van der Waals surface area contributed by atoms with Crippen LogP contribution < -0.4 is 0 Å². The monoisotopic (exact) mass is 142 g/mol. The number of aliphatic hydroxyl groups excluding tert-OH is 1. The molecule has 3 atom stereocenters. The standard InChI is InChI=1S/C8H14O2/c9-4-7-3-8(7)6-1-2-10-5-6/h6-9H,1-5H2. The Kier molecular flexibility index (Phi) is 1.66. The Labute approximate surface area is 61.2 Å². The lowest BCUT2D eigenvalue weighted by atomic mass is 10.0. The third-order valence-electron chi connectivity index (χ3n) is 2.78. The highest BCUT2D eigenvalue weighted by Gasteiger charge is 2.43. The van der Waals surface area contributed by atoms with Gasteiger partial charge in [-0.1, -0.05) is 0 Å². The SMILES string of the molecule is OCC1CC1C1CCOC1. The van der Waals surface area contributed by atoms with Crippen LogP contribution in [0.15, 0.2) is 0 Å². The Morgan fingerprint density at radius 2 is 2.40 bits per heavy atom. The summed E-state index contributed by atoms with van der Waals surface area (Å²) < 4.78 is 5.27. The molecule has 0 spiro atoms. The van der Waals surface area contributed by atoms with Crippen LogP contribution >= 0.6 is 0 Å². The maximum Gasteiger partial charge on any atom is 0.0497 e. The summed E-state index contributed by atoms with van der Waals surface area (Å²) in [6.45, 7) is 2.28. The summed E-state index contributed by atoms with van der Waals surface area (Å²) >= 11 is 0. The van der Waals surface area contributed by atoms with Crippen molar-refractivity contribution in [3.8, 4) is 0 Å². The largest absolute Gasteiger partial charge is 0.396 e. The molecule has 0 aromatic rings. The third kappa shape index (κ3) is 1.06. The molecule has 0 aromatic carbocycles. The van der Waals surface area contributed by atoms with E-state index < -0.39 is 0 Å². The van der Waals surface area contributed by atoms with Crippen LogP contribution in [-0.2, 0) is 4.74 Å². The van der Waals surface area contributed by atoms with Gasteiger partial charge in [0.2, 0.25) is 0 Å². The van der Waals surface area contributed by atoms with Crippen molar-refractivity contribution in [1.82, 2.24) is 0 Å². The molecule has 1 aliphatic carbocycles. The minimum Gasteiger partial charge on any atom is -0.396 e. The van der Waals surface area contributed by atoms with Crippen LogP contribution in [0, 0.1) is 17.8 Å². The first-order valence-corrected chi connectivity index (χ1v) is 4.10. The van der Waals surface area contributed by atoms with Gasteiger partial charge >= 0.3 is 0 Å². The normalized spacial score (nSPS) is 45.9. The number of ether oxygens (including phenoxy) is 1. The first-order valence-electron chi connectivity index (χ1n) is 4.10. The fourth-order valence-electron chi connectivity index (χ4n) is 1.95. The van der Waals surface area contributed by atoms with E-state index in [0.29, 0.717) is 12.5 Å². The second-order valence-corrected chi connectivity index (χ2v) is 3.47. The van der Waals surface area contributed by atoms with E-state index >= 15 is 0 Å². The molecule has 2 fully saturated rings. The van der Waals surface area contributed by atoms with Gasteiger partial charge in [-0.2, -0.15) is 0 Å². The molecule has 1 N–H and O–H groups in total. The van der Waals surface area contributed by atoms with Crippen LogP contribution in [0.3, 0.4) is 0 Å².